The largest absolute Gasteiger partial charge is 0.456 e. The van der Waals surface area contributed by atoms with Crippen LogP contribution in [0.4, 0.5) is 17.1 Å². The highest BCUT2D eigenvalue weighted by Gasteiger charge is 2.22. The van der Waals surface area contributed by atoms with E-state index in [0.29, 0.717) is 5.89 Å². The van der Waals surface area contributed by atoms with Crippen molar-refractivity contribution in [2.24, 2.45) is 0 Å². The SMILES string of the molecule is c1ccc(N(c2ccc3c(c2)oc2cccc(-c4nc5c(ccc6ccccc65)o4)c23)c2cccc3c2sc2c4ccccc4ccc32)cc1. The van der Waals surface area contributed by atoms with Gasteiger partial charge in [-0.1, -0.05) is 103 Å². The van der Waals surface area contributed by atoms with Gasteiger partial charge in [-0.2, -0.15) is 0 Å². The highest BCUT2D eigenvalue weighted by atomic mass is 32.1. The Morgan fingerprint density at radius 3 is 2.08 bits per heavy atom. The van der Waals surface area contributed by atoms with E-state index < -0.39 is 0 Å². The van der Waals surface area contributed by atoms with E-state index in [4.69, 9.17) is 13.8 Å². The number of hydrogen-bond donors (Lipinski definition) is 0. The minimum Gasteiger partial charge on any atom is -0.456 e. The van der Waals surface area contributed by atoms with Gasteiger partial charge in [0.2, 0.25) is 5.89 Å². The van der Waals surface area contributed by atoms with Crippen LogP contribution in [0.3, 0.4) is 0 Å². The standard InChI is InChI=1S/C45H26N2O2S/c1-2-12-29(13-3-1)47(37-18-8-16-33-34-23-20-28-11-5-7-15-32(28)43(34)50-44(33)37)30-22-24-35-40(26-30)48-38-19-9-17-36(41(35)38)45-46-42-31-14-6-4-10-27(31)21-25-39(42)49-45/h1-26H. The lowest BCUT2D eigenvalue weighted by Gasteiger charge is -2.26. The van der Waals surface area contributed by atoms with Gasteiger partial charge in [0.05, 0.1) is 10.4 Å². The van der Waals surface area contributed by atoms with E-state index >= 15 is 0 Å². The molecule has 0 aliphatic heterocycles. The van der Waals surface area contributed by atoms with Crippen LogP contribution in [0.1, 0.15) is 0 Å². The minimum atomic E-state index is 0.587. The first kappa shape index (κ1) is 27.5. The molecular weight excluding hydrogens is 633 g/mol. The van der Waals surface area contributed by atoms with Crippen LogP contribution < -0.4 is 4.90 Å². The van der Waals surface area contributed by atoms with Crippen molar-refractivity contribution in [3.05, 3.63) is 158 Å². The van der Waals surface area contributed by atoms with E-state index in [1.165, 1.54) is 30.9 Å². The molecule has 0 amide bonds. The Balaban J connectivity index is 1.11. The molecule has 0 radical (unpaired) electrons. The van der Waals surface area contributed by atoms with Gasteiger partial charge in [-0.05, 0) is 64.7 Å². The molecule has 3 heterocycles. The van der Waals surface area contributed by atoms with Gasteiger partial charge in [-0.25, -0.2) is 4.98 Å². The number of aromatic nitrogens is 1. The van der Waals surface area contributed by atoms with Crippen molar-refractivity contribution in [3.8, 4) is 11.5 Å². The first-order chi connectivity index (χ1) is 24.8. The summed E-state index contributed by atoms with van der Waals surface area (Å²) in [7, 11) is 0. The smallest absolute Gasteiger partial charge is 0.228 e. The molecule has 0 atom stereocenters. The topological polar surface area (TPSA) is 42.4 Å². The summed E-state index contributed by atoms with van der Waals surface area (Å²) in [6.07, 6.45) is 0. The molecule has 4 nitrogen and oxygen atoms in total. The molecule has 0 aliphatic carbocycles. The van der Waals surface area contributed by atoms with E-state index in [9.17, 15) is 0 Å². The molecule has 3 aromatic heterocycles. The summed E-state index contributed by atoms with van der Waals surface area (Å²) >= 11 is 1.86. The summed E-state index contributed by atoms with van der Waals surface area (Å²) in [4.78, 5) is 7.37. The quantitative estimate of drug-likeness (QED) is 0.189. The van der Waals surface area contributed by atoms with Crippen LogP contribution in [0.2, 0.25) is 0 Å². The van der Waals surface area contributed by atoms with Crippen LogP contribution in [0.15, 0.2) is 167 Å². The number of furan rings is 1. The fourth-order valence-corrected chi connectivity index (χ4v) is 8.94. The summed E-state index contributed by atoms with van der Waals surface area (Å²) in [5.74, 6) is 0.587. The number of nitrogens with zero attached hydrogens (tertiary/aromatic N) is 2. The van der Waals surface area contributed by atoms with Gasteiger partial charge in [-0.3, -0.25) is 0 Å². The second kappa shape index (κ2) is 10.5. The number of oxazole rings is 1. The Kier molecular flexibility index (Phi) is 5.80. The number of hydrogen-bond acceptors (Lipinski definition) is 5. The first-order valence-electron chi connectivity index (χ1n) is 16.7. The second-order valence-corrected chi connectivity index (χ2v) is 13.7. The summed E-state index contributed by atoms with van der Waals surface area (Å²) < 4.78 is 15.6. The maximum absolute atomic E-state index is 6.61. The molecule has 0 saturated heterocycles. The van der Waals surface area contributed by atoms with Crippen molar-refractivity contribution < 1.29 is 8.83 Å². The van der Waals surface area contributed by atoms with Crippen molar-refractivity contribution in [2.75, 3.05) is 4.90 Å². The van der Waals surface area contributed by atoms with Gasteiger partial charge in [0.1, 0.15) is 16.7 Å². The Morgan fingerprint density at radius 2 is 1.18 bits per heavy atom. The number of thiophene rings is 1. The van der Waals surface area contributed by atoms with Gasteiger partial charge >= 0.3 is 0 Å². The van der Waals surface area contributed by atoms with Crippen molar-refractivity contribution in [2.45, 2.75) is 0 Å². The molecule has 0 saturated carbocycles. The van der Waals surface area contributed by atoms with Gasteiger partial charge in [0.25, 0.3) is 0 Å². The fraction of sp³-hybridized carbons (Fsp3) is 0. The summed E-state index contributed by atoms with van der Waals surface area (Å²) in [5, 5.41) is 9.32. The van der Waals surface area contributed by atoms with Crippen LogP contribution in [0.25, 0.3) is 86.2 Å². The molecule has 11 aromatic rings. The van der Waals surface area contributed by atoms with Crippen LogP contribution in [-0.2, 0) is 0 Å². The number of benzene rings is 8. The van der Waals surface area contributed by atoms with Crippen molar-refractivity contribution >= 4 is 103 Å². The summed E-state index contributed by atoms with van der Waals surface area (Å²) in [6.45, 7) is 0. The Morgan fingerprint density at radius 1 is 0.460 bits per heavy atom. The van der Waals surface area contributed by atoms with Gasteiger partial charge in [0.15, 0.2) is 5.58 Å². The maximum atomic E-state index is 6.61. The van der Waals surface area contributed by atoms with Crippen molar-refractivity contribution in [3.63, 3.8) is 0 Å². The lowest BCUT2D eigenvalue weighted by Crippen LogP contribution is -2.09. The molecule has 0 spiro atoms. The molecule has 0 fully saturated rings. The third kappa shape index (κ3) is 4.01. The van der Waals surface area contributed by atoms with E-state index in [1.807, 2.05) is 41.7 Å². The second-order valence-electron chi connectivity index (χ2n) is 12.7. The van der Waals surface area contributed by atoms with Crippen LogP contribution in [0.5, 0.6) is 0 Å². The molecule has 0 bridgehead atoms. The van der Waals surface area contributed by atoms with Crippen molar-refractivity contribution in [1.29, 1.82) is 0 Å². The lowest BCUT2D eigenvalue weighted by molar-refractivity contribution is 0.620. The third-order valence-electron chi connectivity index (χ3n) is 9.88. The molecule has 5 heteroatoms. The monoisotopic (exact) mass is 658 g/mol. The average Bonchev–Trinajstić information content (AvgIpc) is 3.89. The maximum Gasteiger partial charge on any atom is 0.228 e. The molecule has 11 rings (SSSR count). The highest BCUT2D eigenvalue weighted by Crippen LogP contribution is 2.47. The number of anilines is 3. The van der Waals surface area contributed by atoms with Gasteiger partial charge in [0, 0.05) is 54.6 Å². The summed E-state index contributed by atoms with van der Waals surface area (Å²) in [5.41, 5.74) is 7.39. The van der Waals surface area contributed by atoms with Crippen LogP contribution in [0, 0.1) is 0 Å². The zero-order chi connectivity index (χ0) is 32.8. The van der Waals surface area contributed by atoms with E-state index in [1.54, 1.807) is 0 Å². The third-order valence-corrected chi connectivity index (χ3v) is 11.2. The predicted molar refractivity (Wildman–Crippen MR) is 209 cm³/mol. The van der Waals surface area contributed by atoms with E-state index in [0.717, 1.165) is 66.4 Å². The number of rotatable bonds is 4. The molecule has 0 unspecified atom stereocenters. The molecular formula is C45H26N2O2S. The van der Waals surface area contributed by atoms with Crippen LogP contribution in [-0.4, -0.2) is 4.98 Å². The Labute approximate surface area is 290 Å². The lowest BCUT2D eigenvalue weighted by atomic mass is 10.0. The highest BCUT2D eigenvalue weighted by molar-refractivity contribution is 7.27. The molecule has 8 aromatic carbocycles. The molecule has 50 heavy (non-hydrogen) atoms. The fourth-order valence-electron chi connectivity index (χ4n) is 7.60. The average molecular weight is 659 g/mol. The summed E-state index contributed by atoms with van der Waals surface area (Å²) in [6, 6.07) is 55.4. The van der Waals surface area contributed by atoms with Crippen LogP contribution >= 0.6 is 11.3 Å². The zero-order valence-electron chi connectivity index (χ0n) is 26.6. The predicted octanol–water partition coefficient (Wildman–Crippen LogP) is 13.5. The zero-order valence-corrected chi connectivity index (χ0v) is 27.4. The number of fused-ring (bicyclic) bond motifs is 11. The molecule has 0 N–H and O–H groups in total. The first-order valence-corrected chi connectivity index (χ1v) is 17.5. The van der Waals surface area contributed by atoms with E-state index in [2.05, 4.69) is 132 Å². The van der Waals surface area contributed by atoms with Gasteiger partial charge < -0.3 is 13.7 Å². The Bertz CT molecular complexity index is 3120. The van der Waals surface area contributed by atoms with Crippen molar-refractivity contribution in [1.82, 2.24) is 4.98 Å². The number of para-hydroxylation sites is 1. The molecule has 234 valence electrons. The normalized spacial score (nSPS) is 12.0. The molecule has 0 aliphatic rings. The minimum absolute atomic E-state index is 0.587. The Hall–Kier alpha value is -6.43. The van der Waals surface area contributed by atoms with E-state index in [-0.39, 0.29) is 0 Å². The van der Waals surface area contributed by atoms with Gasteiger partial charge in [-0.15, -0.1) is 11.3 Å².